The van der Waals surface area contributed by atoms with Gasteiger partial charge in [0.05, 0.1) is 17.6 Å². The van der Waals surface area contributed by atoms with Crippen molar-refractivity contribution in [3.8, 4) is 5.69 Å². The second kappa shape index (κ2) is 8.39. The molecule has 0 saturated heterocycles. The first-order valence-corrected chi connectivity index (χ1v) is 8.21. The molecule has 1 amide bonds. The highest BCUT2D eigenvalue weighted by Crippen LogP contribution is 2.12. The molecule has 26 heavy (non-hydrogen) atoms. The summed E-state index contributed by atoms with van der Waals surface area (Å²) in [4.78, 5) is 12.2. The monoisotopic (exact) mass is 358 g/mol. The van der Waals surface area contributed by atoms with Crippen LogP contribution in [-0.4, -0.2) is 34.1 Å². The van der Waals surface area contributed by atoms with Crippen LogP contribution in [0.4, 0.5) is 4.39 Å². The maximum absolute atomic E-state index is 13.0. The Bertz CT molecular complexity index is 844. The third-order valence-electron chi connectivity index (χ3n) is 3.76. The lowest BCUT2D eigenvalue weighted by molar-refractivity contribution is 0.0912. The van der Waals surface area contributed by atoms with Gasteiger partial charge in [-0.25, -0.2) is 9.07 Å². The quantitative estimate of drug-likeness (QED) is 0.626. The summed E-state index contributed by atoms with van der Waals surface area (Å²) in [6.45, 7) is 3.11. The van der Waals surface area contributed by atoms with E-state index in [1.165, 1.54) is 16.8 Å². The lowest BCUT2D eigenvalue weighted by Crippen LogP contribution is -2.26. The van der Waals surface area contributed by atoms with E-state index in [-0.39, 0.29) is 17.4 Å². The number of aromatic nitrogens is 3. The Balaban J connectivity index is 1.47. The Hall–Kier alpha value is -3.00. The van der Waals surface area contributed by atoms with Crippen molar-refractivity contribution in [2.45, 2.75) is 20.0 Å². The fraction of sp³-hybridized carbons (Fsp3) is 0.278. The van der Waals surface area contributed by atoms with Crippen LogP contribution >= 0.6 is 0 Å². The summed E-state index contributed by atoms with van der Waals surface area (Å²) in [6.07, 6.45) is 2.26. The number of rotatable bonds is 8. The van der Waals surface area contributed by atoms with Crippen molar-refractivity contribution >= 4 is 5.91 Å². The summed E-state index contributed by atoms with van der Waals surface area (Å²) in [5.41, 5.74) is 1.47. The van der Waals surface area contributed by atoms with Crippen molar-refractivity contribution in [3.05, 3.63) is 65.6 Å². The topological polar surface area (TPSA) is 82.2 Å². The number of nitrogens with one attached hydrogen (secondary N) is 1. The maximum Gasteiger partial charge on any atom is 0.273 e. The van der Waals surface area contributed by atoms with Crippen molar-refractivity contribution in [3.63, 3.8) is 0 Å². The van der Waals surface area contributed by atoms with Gasteiger partial charge in [0.2, 0.25) is 0 Å². The van der Waals surface area contributed by atoms with Crippen LogP contribution in [-0.2, 0) is 11.3 Å². The minimum Gasteiger partial charge on any atom is -0.467 e. The summed E-state index contributed by atoms with van der Waals surface area (Å²) in [5.74, 6) is 0.128. The molecule has 0 saturated carbocycles. The highest BCUT2D eigenvalue weighted by molar-refractivity contribution is 5.93. The van der Waals surface area contributed by atoms with Gasteiger partial charge in [-0.1, -0.05) is 5.21 Å². The van der Waals surface area contributed by atoms with Crippen molar-refractivity contribution in [2.24, 2.45) is 0 Å². The number of ether oxygens (including phenoxy) is 1. The van der Waals surface area contributed by atoms with E-state index in [4.69, 9.17) is 9.15 Å². The smallest absolute Gasteiger partial charge is 0.273 e. The molecule has 0 fully saturated rings. The second-order valence-electron chi connectivity index (χ2n) is 5.65. The minimum atomic E-state index is -0.334. The number of benzene rings is 1. The van der Waals surface area contributed by atoms with E-state index in [0.29, 0.717) is 37.6 Å². The van der Waals surface area contributed by atoms with Gasteiger partial charge in [0.1, 0.15) is 18.2 Å². The van der Waals surface area contributed by atoms with Crippen LogP contribution in [0.5, 0.6) is 0 Å². The third-order valence-corrected chi connectivity index (χ3v) is 3.76. The molecule has 0 aliphatic heterocycles. The van der Waals surface area contributed by atoms with Gasteiger partial charge >= 0.3 is 0 Å². The van der Waals surface area contributed by atoms with E-state index in [2.05, 4.69) is 15.6 Å². The molecule has 0 radical (unpaired) electrons. The number of amides is 1. The van der Waals surface area contributed by atoms with Gasteiger partial charge in [0.15, 0.2) is 5.69 Å². The van der Waals surface area contributed by atoms with Gasteiger partial charge in [-0.05, 0) is 49.7 Å². The molecule has 3 rings (SSSR count). The third kappa shape index (κ3) is 4.34. The molecular weight excluding hydrogens is 339 g/mol. The Labute approximate surface area is 149 Å². The van der Waals surface area contributed by atoms with Crippen LogP contribution in [0.2, 0.25) is 0 Å². The Morgan fingerprint density at radius 2 is 2.12 bits per heavy atom. The zero-order valence-corrected chi connectivity index (χ0v) is 14.3. The van der Waals surface area contributed by atoms with E-state index in [1.807, 2.05) is 6.07 Å². The van der Waals surface area contributed by atoms with E-state index in [9.17, 15) is 9.18 Å². The molecule has 0 unspecified atom stereocenters. The molecule has 2 heterocycles. The standard InChI is InChI=1S/C18H19FN4O3/c1-13-17(21-22-23(13)15-7-5-14(19)6-8-15)18(24)20-9-3-10-25-12-16-4-2-11-26-16/h2,4-8,11H,3,9-10,12H2,1H3,(H,20,24). The van der Waals surface area contributed by atoms with Crippen LogP contribution in [0.15, 0.2) is 47.1 Å². The fourth-order valence-electron chi connectivity index (χ4n) is 2.39. The van der Waals surface area contributed by atoms with Crippen LogP contribution in [0.25, 0.3) is 5.69 Å². The van der Waals surface area contributed by atoms with Crippen molar-refractivity contribution < 1.29 is 18.3 Å². The van der Waals surface area contributed by atoms with Crippen molar-refractivity contribution in [2.75, 3.05) is 13.2 Å². The molecule has 3 aromatic rings. The molecule has 136 valence electrons. The second-order valence-corrected chi connectivity index (χ2v) is 5.65. The Kier molecular flexibility index (Phi) is 5.75. The average molecular weight is 358 g/mol. The molecule has 8 heteroatoms. The fourth-order valence-corrected chi connectivity index (χ4v) is 2.39. The number of carbonyl (C=O) groups is 1. The van der Waals surface area contributed by atoms with Gasteiger partial charge in [-0.15, -0.1) is 5.10 Å². The largest absolute Gasteiger partial charge is 0.467 e. The summed E-state index contributed by atoms with van der Waals surface area (Å²) < 4.78 is 25.1. The lowest BCUT2D eigenvalue weighted by atomic mass is 10.2. The first-order chi connectivity index (χ1) is 12.6. The van der Waals surface area contributed by atoms with Crippen LogP contribution < -0.4 is 5.32 Å². The predicted molar refractivity (Wildman–Crippen MR) is 91.4 cm³/mol. The first kappa shape index (κ1) is 17.8. The molecule has 0 aliphatic rings. The molecule has 0 atom stereocenters. The number of carbonyl (C=O) groups excluding carboxylic acids is 1. The average Bonchev–Trinajstić information content (AvgIpc) is 3.28. The van der Waals surface area contributed by atoms with E-state index in [1.54, 1.807) is 31.4 Å². The zero-order valence-electron chi connectivity index (χ0n) is 14.3. The molecule has 0 aliphatic carbocycles. The maximum atomic E-state index is 13.0. The number of furan rings is 1. The lowest BCUT2D eigenvalue weighted by Gasteiger charge is -2.05. The molecular formula is C18H19FN4O3. The SMILES string of the molecule is Cc1c(C(=O)NCCCOCc2ccco2)nnn1-c1ccc(F)cc1. The zero-order chi connectivity index (χ0) is 18.4. The molecule has 1 aromatic carbocycles. The molecule has 0 bridgehead atoms. The van der Waals surface area contributed by atoms with Gasteiger partial charge in [0, 0.05) is 13.2 Å². The Morgan fingerprint density at radius 1 is 1.31 bits per heavy atom. The minimum absolute atomic E-state index is 0.242. The number of halogens is 1. The van der Waals surface area contributed by atoms with E-state index in [0.717, 1.165) is 5.76 Å². The van der Waals surface area contributed by atoms with Gasteiger partial charge < -0.3 is 14.5 Å². The summed E-state index contributed by atoms with van der Waals surface area (Å²) in [5, 5.41) is 10.7. The molecule has 1 N–H and O–H groups in total. The normalized spacial score (nSPS) is 10.8. The highest BCUT2D eigenvalue weighted by atomic mass is 19.1. The summed E-state index contributed by atoms with van der Waals surface area (Å²) in [6, 6.07) is 9.47. The molecule has 2 aromatic heterocycles. The predicted octanol–water partition coefficient (Wildman–Crippen LogP) is 2.64. The number of hydrogen-bond acceptors (Lipinski definition) is 5. The molecule has 0 spiro atoms. The number of hydrogen-bond donors (Lipinski definition) is 1. The van der Waals surface area contributed by atoms with Crippen LogP contribution in [0, 0.1) is 12.7 Å². The number of nitrogens with zero attached hydrogens (tertiary/aromatic N) is 3. The summed E-state index contributed by atoms with van der Waals surface area (Å²) >= 11 is 0. The highest BCUT2D eigenvalue weighted by Gasteiger charge is 2.16. The first-order valence-electron chi connectivity index (χ1n) is 8.21. The van der Waals surface area contributed by atoms with Gasteiger partial charge in [0.25, 0.3) is 5.91 Å². The van der Waals surface area contributed by atoms with E-state index >= 15 is 0 Å². The van der Waals surface area contributed by atoms with Crippen molar-refractivity contribution in [1.29, 1.82) is 0 Å². The van der Waals surface area contributed by atoms with Gasteiger partial charge in [-0.3, -0.25) is 4.79 Å². The molecule has 7 nitrogen and oxygen atoms in total. The van der Waals surface area contributed by atoms with Gasteiger partial charge in [-0.2, -0.15) is 0 Å². The summed E-state index contributed by atoms with van der Waals surface area (Å²) in [7, 11) is 0. The Morgan fingerprint density at radius 3 is 2.85 bits per heavy atom. The van der Waals surface area contributed by atoms with Crippen LogP contribution in [0.3, 0.4) is 0 Å². The van der Waals surface area contributed by atoms with Crippen molar-refractivity contribution in [1.82, 2.24) is 20.3 Å². The van der Waals surface area contributed by atoms with Crippen LogP contribution in [0.1, 0.15) is 28.4 Å². The van der Waals surface area contributed by atoms with E-state index < -0.39 is 0 Å².